The molecular formula is C29H40N6O2S. The molecule has 0 spiro atoms. The molecule has 1 aliphatic carbocycles. The van der Waals surface area contributed by atoms with Crippen LogP contribution < -0.4 is 10.6 Å². The van der Waals surface area contributed by atoms with E-state index >= 15 is 0 Å². The van der Waals surface area contributed by atoms with Crippen molar-refractivity contribution in [1.82, 2.24) is 25.1 Å². The number of amides is 1. The largest absolute Gasteiger partial charge is 0.390 e. The van der Waals surface area contributed by atoms with Crippen molar-refractivity contribution < 1.29 is 9.90 Å². The van der Waals surface area contributed by atoms with E-state index in [4.69, 9.17) is 9.97 Å². The third-order valence-electron chi connectivity index (χ3n) is 8.65. The number of carbonyl (C=O) groups excluding carboxylic acids is 1. The second-order valence-corrected chi connectivity index (χ2v) is 12.5. The fourth-order valence-corrected chi connectivity index (χ4v) is 7.65. The van der Waals surface area contributed by atoms with Crippen LogP contribution in [-0.2, 0) is 13.0 Å². The fourth-order valence-electron chi connectivity index (χ4n) is 6.48. The Morgan fingerprint density at radius 1 is 1.03 bits per heavy atom. The van der Waals surface area contributed by atoms with Crippen molar-refractivity contribution in [2.24, 2.45) is 0 Å². The zero-order valence-electron chi connectivity index (χ0n) is 22.1. The molecule has 3 aliphatic heterocycles. The van der Waals surface area contributed by atoms with Gasteiger partial charge in [0.15, 0.2) is 5.16 Å². The highest BCUT2D eigenvalue weighted by Crippen LogP contribution is 2.34. The molecule has 1 aromatic heterocycles. The molecular weight excluding hydrogens is 496 g/mol. The number of benzene rings is 1. The molecule has 2 atom stereocenters. The lowest BCUT2D eigenvalue weighted by Gasteiger charge is -2.43. The first-order valence-corrected chi connectivity index (χ1v) is 15.3. The summed E-state index contributed by atoms with van der Waals surface area (Å²) in [5.74, 6) is 0.647. The van der Waals surface area contributed by atoms with Gasteiger partial charge in [-0.1, -0.05) is 48.9 Å². The lowest BCUT2D eigenvalue weighted by Crippen LogP contribution is -2.56. The first kappa shape index (κ1) is 26.0. The molecule has 4 heterocycles. The minimum Gasteiger partial charge on any atom is -0.390 e. The van der Waals surface area contributed by atoms with Crippen LogP contribution >= 0.6 is 11.8 Å². The van der Waals surface area contributed by atoms with Gasteiger partial charge >= 0.3 is 0 Å². The topological polar surface area (TPSA) is 93.6 Å². The Labute approximate surface area is 230 Å². The monoisotopic (exact) mass is 536 g/mol. The van der Waals surface area contributed by atoms with Crippen LogP contribution in [0.2, 0.25) is 0 Å². The van der Waals surface area contributed by atoms with Gasteiger partial charge in [-0.05, 0) is 62.7 Å². The number of aliphatic hydroxyl groups excluding tert-OH is 1. The molecule has 38 heavy (non-hydrogen) atoms. The number of anilines is 1. The molecule has 1 amide bonds. The van der Waals surface area contributed by atoms with Crippen LogP contribution in [0.3, 0.4) is 0 Å². The third-order valence-corrected chi connectivity index (χ3v) is 9.85. The maximum Gasteiger partial charge on any atom is 0.272 e. The van der Waals surface area contributed by atoms with Crippen molar-refractivity contribution in [3.05, 3.63) is 47.2 Å². The van der Waals surface area contributed by atoms with Gasteiger partial charge in [0.1, 0.15) is 11.5 Å². The zero-order chi connectivity index (χ0) is 25.9. The fraction of sp³-hybridized carbons (Fsp3) is 0.621. The predicted octanol–water partition coefficient (Wildman–Crippen LogP) is 3.31. The lowest BCUT2D eigenvalue weighted by atomic mass is 9.94. The molecule has 0 unspecified atom stereocenters. The maximum absolute atomic E-state index is 13.7. The quantitative estimate of drug-likeness (QED) is 0.485. The Balaban J connectivity index is 1.14. The van der Waals surface area contributed by atoms with Crippen LogP contribution in [0.15, 0.2) is 35.5 Å². The molecule has 6 rings (SSSR count). The average molecular weight is 537 g/mol. The summed E-state index contributed by atoms with van der Waals surface area (Å²) in [5.41, 5.74) is 3.20. The number of aromatic nitrogens is 2. The maximum atomic E-state index is 13.7. The molecule has 1 aromatic carbocycles. The number of hydrogen-bond donors (Lipinski definition) is 3. The Bertz CT molecular complexity index is 1120. The van der Waals surface area contributed by atoms with Gasteiger partial charge in [-0.3, -0.25) is 9.69 Å². The van der Waals surface area contributed by atoms with E-state index in [1.165, 1.54) is 36.8 Å². The molecule has 4 aliphatic rings. The van der Waals surface area contributed by atoms with Crippen LogP contribution in [-0.4, -0.2) is 86.9 Å². The van der Waals surface area contributed by atoms with E-state index in [-0.39, 0.29) is 11.9 Å². The summed E-state index contributed by atoms with van der Waals surface area (Å²) < 4.78 is 0. The van der Waals surface area contributed by atoms with Gasteiger partial charge in [0.25, 0.3) is 5.91 Å². The summed E-state index contributed by atoms with van der Waals surface area (Å²) in [6.07, 6.45) is 8.17. The molecule has 9 heteroatoms. The van der Waals surface area contributed by atoms with Gasteiger partial charge < -0.3 is 20.6 Å². The molecule has 8 nitrogen and oxygen atoms in total. The van der Waals surface area contributed by atoms with E-state index in [0.717, 1.165) is 57.7 Å². The summed E-state index contributed by atoms with van der Waals surface area (Å²) >= 11 is 1.72. The summed E-state index contributed by atoms with van der Waals surface area (Å²) in [6.45, 7) is 4.78. The zero-order valence-corrected chi connectivity index (χ0v) is 23.0. The number of fused-ring (bicyclic) bond motifs is 1. The number of nitrogens with one attached hydrogen (secondary N) is 2. The van der Waals surface area contributed by atoms with Gasteiger partial charge in [-0.2, -0.15) is 0 Å². The molecule has 3 N–H and O–H groups in total. The van der Waals surface area contributed by atoms with Crippen LogP contribution in [0.5, 0.6) is 0 Å². The molecule has 204 valence electrons. The molecule has 2 saturated heterocycles. The second kappa shape index (κ2) is 11.9. The number of hydrogen-bond acceptors (Lipinski definition) is 8. The minimum atomic E-state index is -0.570. The lowest BCUT2D eigenvalue weighted by molar-refractivity contribution is -0.0139. The number of carbonyl (C=O) groups is 1. The smallest absolute Gasteiger partial charge is 0.272 e. The van der Waals surface area contributed by atoms with E-state index in [0.29, 0.717) is 35.2 Å². The SMILES string of the molecule is O=C(c1cc(NC2CCNCC2)nc(SC2CCCC2)n1)N1CC[C@@H](N2CCc3ccccc3C2)[C@H](O)C1. The minimum absolute atomic E-state index is 0.0726. The van der Waals surface area contributed by atoms with E-state index in [9.17, 15) is 9.90 Å². The highest BCUT2D eigenvalue weighted by atomic mass is 32.2. The van der Waals surface area contributed by atoms with Crippen molar-refractivity contribution in [2.75, 3.05) is 38.0 Å². The van der Waals surface area contributed by atoms with E-state index in [1.54, 1.807) is 16.7 Å². The van der Waals surface area contributed by atoms with Crippen molar-refractivity contribution in [3.8, 4) is 0 Å². The van der Waals surface area contributed by atoms with Gasteiger partial charge in [0, 0.05) is 49.6 Å². The number of aliphatic hydroxyl groups is 1. The first-order chi connectivity index (χ1) is 18.6. The van der Waals surface area contributed by atoms with Crippen molar-refractivity contribution in [3.63, 3.8) is 0 Å². The molecule has 0 radical (unpaired) electrons. The van der Waals surface area contributed by atoms with Gasteiger partial charge in [-0.25, -0.2) is 9.97 Å². The average Bonchev–Trinajstić information content (AvgIpc) is 3.46. The summed E-state index contributed by atoms with van der Waals surface area (Å²) in [6, 6.07) is 10.8. The predicted molar refractivity (Wildman–Crippen MR) is 151 cm³/mol. The standard InChI is InChI=1S/C29H40N6O2S/c36-26-19-35(16-12-25(26)34-15-11-20-5-1-2-6-21(20)18-34)28(37)24-17-27(31-22-9-13-30-14-10-22)33-29(32-24)38-23-7-3-4-8-23/h1-2,5-6,17,22-23,25-26,30,36H,3-4,7-16,18-19H2,(H,31,32,33)/t25-,26-/m1/s1. The van der Waals surface area contributed by atoms with Crippen LogP contribution in [0.25, 0.3) is 0 Å². The number of likely N-dealkylation sites (tertiary alicyclic amines) is 1. The Morgan fingerprint density at radius 3 is 2.61 bits per heavy atom. The van der Waals surface area contributed by atoms with Crippen LogP contribution in [0.4, 0.5) is 5.82 Å². The number of β-amino-alcohol motifs (C(OH)–C–C–N with tert-alkyl or cyclic N) is 1. The number of rotatable bonds is 6. The van der Waals surface area contributed by atoms with E-state index < -0.39 is 6.10 Å². The highest BCUT2D eigenvalue weighted by molar-refractivity contribution is 7.99. The molecule has 2 aromatic rings. The summed E-state index contributed by atoms with van der Waals surface area (Å²) in [5, 5.41) is 19.4. The number of piperidine rings is 2. The molecule has 1 saturated carbocycles. The van der Waals surface area contributed by atoms with E-state index in [2.05, 4.69) is 39.8 Å². The Hall–Kier alpha value is -2.20. The Kier molecular flexibility index (Phi) is 8.16. The first-order valence-electron chi connectivity index (χ1n) is 14.4. The number of thioether (sulfide) groups is 1. The van der Waals surface area contributed by atoms with E-state index in [1.807, 2.05) is 6.07 Å². The summed E-state index contributed by atoms with van der Waals surface area (Å²) in [7, 11) is 0. The van der Waals surface area contributed by atoms with Gasteiger partial charge in [0.05, 0.1) is 6.10 Å². The van der Waals surface area contributed by atoms with Gasteiger partial charge in [0.2, 0.25) is 0 Å². The van der Waals surface area contributed by atoms with Crippen molar-refractivity contribution in [2.45, 2.75) is 86.5 Å². The Morgan fingerprint density at radius 2 is 1.82 bits per heavy atom. The molecule has 3 fully saturated rings. The second-order valence-electron chi connectivity index (χ2n) is 11.3. The van der Waals surface area contributed by atoms with Crippen molar-refractivity contribution >= 4 is 23.5 Å². The third kappa shape index (κ3) is 6.01. The van der Waals surface area contributed by atoms with Crippen LogP contribution in [0, 0.1) is 0 Å². The van der Waals surface area contributed by atoms with Crippen LogP contribution in [0.1, 0.15) is 66.6 Å². The van der Waals surface area contributed by atoms with Crippen molar-refractivity contribution in [1.29, 1.82) is 0 Å². The normalized spacial score (nSPS) is 25.3. The summed E-state index contributed by atoms with van der Waals surface area (Å²) in [4.78, 5) is 27.4. The molecule has 0 bridgehead atoms. The highest BCUT2D eigenvalue weighted by Gasteiger charge is 2.36. The number of nitrogens with zero attached hydrogens (tertiary/aromatic N) is 4. The van der Waals surface area contributed by atoms with Gasteiger partial charge in [-0.15, -0.1) is 0 Å².